The minimum atomic E-state index is -3.67. The molecular formula is C23H21FN3O4S3-. The van der Waals surface area contributed by atoms with Crippen molar-refractivity contribution >= 4 is 37.9 Å². The van der Waals surface area contributed by atoms with Crippen molar-refractivity contribution in [1.29, 1.82) is 0 Å². The van der Waals surface area contributed by atoms with Crippen molar-refractivity contribution in [3.05, 3.63) is 83.8 Å². The Hall–Kier alpha value is -2.99. The highest BCUT2D eigenvalue weighted by Crippen LogP contribution is 2.38. The minimum absolute atomic E-state index is 0.283. The fourth-order valence-corrected chi connectivity index (χ4v) is 4.59. The van der Waals surface area contributed by atoms with Gasteiger partial charge in [-0.05, 0) is 48.4 Å². The number of halogens is 1. The lowest BCUT2D eigenvalue weighted by atomic mass is 10.1. The van der Waals surface area contributed by atoms with Crippen LogP contribution in [-0.4, -0.2) is 29.2 Å². The van der Waals surface area contributed by atoms with Crippen LogP contribution in [0.15, 0.2) is 82.2 Å². The van der Waals surface area contributed by atoms with Crippen LogP contribution in [0.5, 0.6) is 0 Å². The van der Waals surface area contributed by atoms with Crippen molar-refractivity contribution < 1.29 is 21.6 Å². The molecule has 0 amide bonds. The molecule has 0 atom stereocenters. The molecule has 11 heteroatoms. The second kappa shape index (κ2) is 11.4. The first-order valence-corrected chi connectivity index (χ1v) is 13.7. The summed E-state index contributed by atoms with van der Waals surface area (Å²) in [6.45, 7) is 2.05. The maximum absolute atomic E-state index is 13.3. The number of aryl methyl sites for hydroxylation is 1. The van der Waals surface area contributed by atoms with Gasteiger partial charge in [-0.1, -0.05) is 42.2 Å². The van der Waals surface area contributed by atoms with Gasteiger partial charge in [0, 0.05) is 11.8 Å². The molecule has 2 aromatic heterocycles. The Morgan fingerprint density at radius 2 is 1.71 bits per heavy atom. The van der Waals surface area contributed by atoms with Gasteiger partial charge in [0.1, 0.15) is 11.6 Å². The van der Waals surface area contributed by atoms with Gasteiger partial charge in [-0.25, -0.2) is 14.4 Å². The second-order valence-corrected chi connectivity index (χ2v) is 10.6. The zero-order valence-corrected chi connectivity index (χ0v) is 20.7. The zero-order chi connectivity index (χ0) is 24.7. The monoisotopic (exact) mass is 518 g/mol. The van der Waals surface area contributed by atoms with E-state index in [0.29, 0.717) is 17.0 Å². The van der Waals surface area contributed by atoms with Crippen molar-refractivity contribution in [2.24, 2.45) is 4.36 Å². The SMILES string of the molecule is CCc1nc(-c2ccc(F)cc2)c(-c2ccnc(N=[S-](=O)c3ccccc3)c2)s1.CS(=O)(=O)O. The van der Waals surface area contributed by atoms with E-state index in [0.717, 1.165) is 33.1 Å². The summed E-state index contributed by atoms with van der Waals surface area (Å²) in [5.74, 6) is 0.107. The highest BCUT2D eigenvalue weighted by Gasteiger charge is 2.15. The minimum Gasteiger partial charge on any atom is -0.440 e. The van der Waals surface area contributed by atoms with Gasteiger partial charge in [-0.2, -0.15) is 19.0 Å². The van der Waals surface area contributed by atoms with E-state index in [9.17, 15) is 17.0 Å². The van der Waals surface area contributed by atoms with E-state index < -0.39 is 20.7 Å². The normalized spacial score (nSPS) is 12.1. The first-order valence-electron chi connectivity index (χ1n) is 9.97. The molecule has 1 N–H and O–H groups in total. The molecule has 178 valence electrons. The number of pyridine rings is 1. The molecule has 0 aliphatic rings. The van der Waals surface area contributed by atoms with Crippen LogP contribution in [0.3, 0.4) is 0 Å². The van der Waals surface area contributed by atoms with E-state index in [4.69, 9.17) is 9.54 Å². The summed E-state index contributed by atoms with van der Waals surface area (Å²) < 4.78 is 56.0. The number of hydrogen-bond donors (Lipinski definition) is 1. The summed E-state index contributed by atoms with van der Waals surface area (Å²) in [6.07, 6.45) is 3.17. The molecule has 0 bridgehead atoms. The Bertz CT molecular complexity index is 1440. The lowest BCUT2D eigenvalue weighted by molar-refractivity contribution is 0.490. The Kier molecular flexibility index (Phi) is 8.61. The van der Waals surface area contributed by atoms with Crippen LogP contribution in [0.25, 0.3) is 21.7 Å². The second-order valence-electron chi connectivity index (χ2n) is 6.94. The molecule has 34 heavy (non-hydrogen) atoms. The average molecular weight is 519 g/mol. The Morgan fingerprint density at radius 3 is 2.32 bits per heavy atom. The molecule has 0 aliphatic carbocycles. The molecule has 0 saturated carbocycles. The Balaban J connectivity index is 0.000000588. The first-order chi connectivity index (χ1) is 16.1. The molecule has 0 saturated heterocycles. The first kappa shape index (κ1) is 25.6. The van der Waals surface area contributed by atoms with E-state index in [1.165, 1.54) is 12.1 Å². The largest absolute Gasteiger partial charge is 0.440 e. The maximum Gasteiger partial charge on any atom is 0.261 e. The lowest BCUT2D eigenvalue weighted by Gasteiger charge is -2.07. The third-order valence-corrected chi connectivity index (χ3v) is 6.50. The van der Waals surface area contributed by atoms with Gasteiger partial charge in [0.25, 0.3) is 10.1 Å². The summed E-state index contributed by atoms with van der Waals surface area (Å²) in [7, 11) is -5.20. The fourth-order valence-electron chi connectivity index (χ4n) is 2.80. The number of aromatic nitrogens is 2. The molecule has 0 radical (unpaired) electrons. The van der Waals surface area contributed by atoms with Crippen LogP contribution in [0.1, 0.15) is 11.9 Å². The third kappa shape index (κ3) is 7.52. The van der Waals surface area contributed by atoms with Gasteiger partial charge in [0.2, 0.25) is 0 Å². The van der Waals surface area contributed by atoms with Crippen molar-refractivity contribution in [2.45, 2.75) is 18.2 Å². The predicted octanol–water partition coefficient (Wildman–Crippen LogP) is 5.92. The van der Waals surface area contributed by atoms with Crippen molar-refractivity contribution in [1.82, 2.24) is 9.97 Å². The van der Waals surface area contributed by atoms with Gasteiger partial charge in [0.15, 0.2) is 0 Å². The van der Waals surface area contributed by atoms with Crippen LogP contribution in [0, 0.1) is 5.82 Å². The van der Waals surface area contributed by atoms with Crippen molar-refractivity contribution in [3.63, 3.8) is 0 Å². The molecule has 0 aliphatic heterocycles. The fraction of sp³-hybridized carbons (Fsp3) is 0.130. The van der Waals surface area contributed by atoms with Gasteiger partial charge < -0.3 is 8.57 Å². The molecule has 0 spiro atoms. The quantitative estimate of drug-likeness (QED) is 0.260. The van der Waals surface area contributed by atoms with Gasteiger partial charge >= 0.3 is 0 Å². The zero-order valence-electron chi connectivity index (χ0n) is 18.3. The molecule has 0 fully saturated rings. The molecule has 2 aromatic carbocycles. The van der Waals surface area contributed by atoms with E-state index in [1.807, 2.05) is 31.2 Å². The molecule has 4 rings (SSSR count). The maximum atomic E-state index is 13.3. The highest BCUT2D eigenvalue weighted by molar-refractivity contribution is 7.85. The summed E-state index contributed by atoms with van der Waals surface area (Å²) in [4.78, 5) is 10.6. The average Bonchev–Trinajstić information content (AvgIpc) is 3.24. The van der Waals surface area contributed by atoms with Gasteiger partial charge in [-0.3, -0.25) is 4.55 Å². The number of thiazole rings is 1. The number of benzene rings is 2. The third-order valence-electron chi connectivity index (χ3n) is 4.22. The van der Waals surface area contributed by atoms with Gasteiger partial charge in [0.05, 0.1) is 21.8 Å². The molecule has 2 heterocycles. The van der Waals surface area contributed by atoms with Crippen LogP contribution in [0.4, 0.5) is 10.2 Å². The lowest BCUT2D eigenvalue weighted by Crippen LogP contribution is -1.88. The van der Waals surface area contributed by atoms with Crippen LogP contribution >= 0.6 is 11.3 Å². The molecule has 0 unspecified atom stereocenters. The van der Waals surface area contributed by atoms with Gasteiger partial charge in [-0.15, -0.1) is 11.3 Å². The van der Waals surface area contributed by atoms with Crippen LogP contribution in [-0.2, 0) is 31.3 Å². The van der Waals surface area contributed by atoms with E-state index >= 15 is 0 Å². The standard InChI is InChI=1S/C22H17FN3OS2.CH4O3S/c1-2-20-25-21(15-8-10-17(23)11-9-15)22(28-20)16-12-13-24-19(14-16)26-29(27)18-6-4-3-5-7-18;1-5(2,3)4/h3-14H,2H2,1H3;1H3,(H,2,3,4)/q-1;. The van der Waals surface area contributed by atoms with Crippen molar-refractivity contribution in [3.8, 4) is 21.7 Å². The van der Waals surface area contributed by atoms with E-state index in [2.05, 4.69) is 9.35 Å². The van der Waals surface area contributed by atoms with E-state index in [1.54, 1.807) is 47.9 Å². The summed E-state index contributed by atoms with van der Waals surface area (Å²) in [5.41, 5.74) is 2.54. The number of hydrogen-bond acceptors (Lipinski definition) is 8. The molecule has 4 aromatic rings. The summed E-state index contributed by atoms with van der Waals surface area (Å²) >= 11 is 1.59. The number of rotatable bonds is 5. The smallest absolute Gasteiger partial charge is 0.261 e. The molecule has 7 nitrogen and oxygen atoms in total. The van der Waals surface area contributed by atoms with Crippen LogP contribution in [0.2, 0.25) is 0 Å². The highest BCUT2D eigenvalue weighted by atomic mass is 32.2. The summed E-state index contributed by atoms with van der Waals surface area (Å²) in [5, 5.41) is 0.988. The predicted molar refractivity (Wildman–Crippen MR) is 132 cm³/mol. The Labute approximate surface area is 203 Å². The van der Waals surface area contributed by atoms with E-state index in [-0.39, 0.29) is 5.82 Å². The molecular weight excluding hydrogens is 497 g/mol. The van der Waals surface area contributed by atoms with Crippen molar-refractivity contribution in [2.75, 3.05) is 6.26 Å². The Morgan fingerprint density at radius 1 is 1.06 bits per heavy atom. The van der Waals surface area contributed by atoms with Crippen LogP contribution < -0.4 is 0 Å². The topological polar surface area (TPSA) is 110 Å². The number of nitrogens with zero attached hydrogens (tertiary/aromatic N) is 3. The summed E-state index contributed by atoms with van der Waals surface area (Å²) in [6, 6.07) is 19.1.